The second-order valence-electron chi connectivity index (χ2n) is 6.11. The number of rotatable bonds is 8. The van der Waals surface area contributed by atoms with E-state index in [9.17, 15) is 0 Å². The second-order valence-corrected chi connectivity index (χ2v) is 10.4. The van der Waals surface area contributed by atoms with Crippen LogP contribution in [0.4, 0.5) is 0 Å². The molecule has 1 aliphatic heterocycles. The molecule has 1 aliphatic rings. The van der Waals surface area contributed by atoms with Crippen LogP contribution >= 0.6 is 0 Å². The summed E-state index contributed by atoms with van der Waals surface area (Å²) in [4.78, 5) is 7.70. The Kier molecular flexibility index (Phi) is 7.53. The maximum atomic E-state index is 5.65. The third-order valence-corrected chi connectivity index (χ3v) is 6.56. The highest BCUT2D eigenvalue weighted by Gasteiger charge is 2.26. The fraction of sp³-hybridized carbons (Fsp3) is 1.00. The maximum absolute atomic E-state index is 5.65. The Balaban J connectivity index is 2.22. The van der Waals surface area contributed by atoms with Gasteiger partial charge in [0.15, 0.2) is 8.32 Å². The van der Waals surface area contributed by atoms with E-state index in [-0.39, 0.29) is 0 Å². The third kappa shape index (κ3) is 6.36. The quantitative estimate of drug-likeness (QED) is 0.627. The number of hydrogen-bond donors (Lipinski definition) is 0. The molecule has 0 unspecified atom stereocenters. The molecule has 0 spiro atoms. The minimum absolute atomic E-state index is 1.17. The summed E-state index contributed by atoms with van der Waals surface area (Å²) in [5.41, 5.74) is 0. The van der Waals surface area contributed by atoms with Crippen LogP contribution in [0.3, 0.4) is 0 Å². The number of hydrogen-bond acceptors (Lipinski definition) is 4. The number of piperazine rings is 1. The summed E-state index contributed by atoms with van der Waals surface area (Å²) in [6.45, 7) is 18.7. The fourth-order valence-electron chi connectivity index (χ4n) is 2.60. The smallest absolute Gasteiger partial charge is 0.199 e. The molecule has 0 aromatic carbocycles. The first-order chi connectivity index (χ1) is 9.00. The van der Waals surface area contributed by atoms with Crippen LogP contribution in [-0.2, 0) is 4.43 Å². The zero-order valence-electron chi connectivity index (χ0n) is 13.6. The van der Waals surface area contributed by atoms with Crippen molar-refractivity contribution in [3.05, 3.63) is 0 Å². The zero-order chi connectivity index (χ0) is 14.3. The van der Waals surface area contributed by atoms with Crippen molar-refractivity contribution in [1.29, 1.82) is 0 Å². The summed E-state index contributed by atoms with van der Waals surface area (Å²) in [6, 6.07) is 0. The van der Waals surface area contributed by atoms with E-state index >= 15 is 0 Å². The molecule has 114 valence electrons. The molecule has 0 amide bonds. The lowest BCUT2D eigenvalue weighted by molar-refractivity contribution is 0.128. The van der Waals surface area contributed by atoms with Crippen molar-refractivity contribution in [2.75, 3.05) is 65.6 Å². The highest BCUT2D eigenvalue weighted by Crippen LogP contribution is 2.09. The molecule has 0 aromatic rings. The van der Waals surface area contributed by atoms with E-state index in [0.717, 1.165) is 0 Å². The van der Waals surface area contributed by atoms with Crippen LogP contribution in [0.5, 0.6) is 0 Å². The average molecular weight is 288 g/mol. The molecule has 5 heteroatoms. The Labute approximate surface area is 120 Å². The Bertz CT molecular complexity index is 239. The van der Waals surface area contributed by atoms with Gasteiger partial charge in [-0.1, -0.05) is 13.8 Å². The Morgan fingerprint density at radius 3 is 2.00 bits per heavy atom. The van der Waals surface area contributed by atoms with Gasteiger partial charge in [-0.25, -0.2) is 0 Å². The fourth-order valence-corrected chi connectivity index (χ4v) is 4.12. The van der Waals surface area contributed by atoms with Crippen molar-refractivity contribution in [2.24, 2.45) is 0 Å². The van der Waals surface area contributed by atoms with E-state index in [1.54, 1.807) is 0 Å². The van der Waals surface area contributed by atoms with Crippen LogP contribution in [-0.4, -0.2) is 88.7 Å². The van der Waals surface area contributed by atoms with Gasteiger partial charge in [0.2, 0.25) is 0 Å². The van der Waals surface area contributed by atoms with Crippen molar-refractivity contribution < 1.29 is 4.43 Å². The van der Waals surface area contributed by atoms with Crippen LogP contribution < -0.4 is 0 Å². The normalized spacial score (nSPS) is 19.3. The van der Waals surface area contributed by atoms with Gasteiger partial charge in [-0.2, -0.15) is 0 Å². The predicted octanol–water partition coefficient (Wildman–Crippen LogP) is 1.34. The van der Waals surface area contributed by atoms with E-state index in [2.05, 4.69) is 41.6 Å². The maximum Gasteiger partial charge on any atom is 0.199 e. The molecule has 0 aliphatic carbocycles. The van der Waals surface area contributed by atoms with Gasteiger partial charge in [-0.05, 0) is 26.2 Å². The van der Waals surface area contributed by atoms with Crippen LogP contribution in [0.2, 0.25) is 13.1 Å². The highest BCUT2D eigenvalue weighted by molar-refractivity contribution is 6.71. The summed E-state index contributed by atoms with van der Waals surface area (Å²) in [5.74, 6) is 0. The molecule has 19 heavy (non-hydrogen) atoms. The average Bonchev–Trinajstić information content (AvgIpc) is 2.41. The van der Waals surface area contributed by atoms with Crippen LogP contribution in [0.1, 0.15) is 13.8 Å². The van der Waals surface area contributed by atoms with Crippen LogP contribution in [0, 0.1) is 0 Å². The molecule has 1 fully saturated rings. The first-order valence-corrected chi connectivity index (χ1v) is 10.8. The van der Waals surface area contributed by atoms with Crippen molar-refractivity contribution in [2.45, 2.75) is 26.9 Å². The van der Waals surface area contributed by atoms with Crippen LogP contribution in [0.25, 0.3) is 0 Å². The summed E-state index contributed by atoms with van der Waals surface area (Å²) in [7, 11) is 0.432. The van der Waals surface area contributed by atoms with E-state index in [4.69, 9.17) is 4.43 Å². The standard InChI is InChI=1S/C14H33N3OSi/c1-6-15(7-2)8-9-16-10-12-17(13-11-16)14-19(4,5)18-3/h6-14H2,1-5H3. The van der Waals surface area contributed by atoms with Gasteiger partial charge in [0, 0.05) is 52.5 Å². The van der Waals surface area contributed by atoms with Gasteiger partial charge in [0.1, 0.15) is 0 Å². The van der Waals surface area contributed by atoms with Gasteiger partial charge in [0.25, 0.3) is 0 Å². The highest BCUT2D eigenvalue weighted by atomic mass is 28.4. The molecule has 0 saturated carbocycles. The first kappa shape index (κ1) is 17.1. The molecular formula is C14H33N3OSi. The first-order valence-electron chi connectivity index (χ1n) is 7.73. The summed E-state index contributed by atoms with van der Waals surface area (Å²) >= 11 is 0. The van der Waals surface area contributed by atoms with Gasteiger partial charge < -0.3 is 14.2 Å². The van der Waals surface area contributed by atoms with Crippen molar-refractivity contribution in [1.82, 2.24) is 14.7 Å². The lowest BCUT2D eigenvalue weighted by atomic mass is 10.3. The van der Waals surface area contributed by atoms with E-state index in [1.807, 2.05) is 7.11 Å². The van der Waals surface area contributed by atoms with E-state index < -0.39 is 8.32 Å². The molecule has 1 rings (SSSR count). The minimum Gasteiger partial charge on any atom is -0.419 e. The Morgan fingerprint density at radius 2 is 1.53 bits per heavy atom. The van der Waals surface area contributed by atoms with Gasteiger partial charge in [0.05, 0.1) is 0 Å². The molecule has 4 nitrogen and oxygen atoms in total. The molecule has 0 aromatic heterocycles. The zero-order valence-corrected chi connectivity index (χ0v) is 14.6. The monoisotopic (exact) mass is 287 g/mol. The topological polar surface area (TPSA) is 19.0 Å². The molecule has 0 radical (unpaired) electrons. The summed E-state index contributed by atoms with van der Waals surface area (Å²) in [6.07, 6.45) is 1.17. The molecule has 0 bridgehead atoms. The molecule has 0 atom stereocenters. The lowest BCUT2D eigenvalue weighted by Gasteiger charge is -2.38. The molecular weight excluding hydrogens is 254 g/mol. The van der Waals surface area contributed by atoms with Crippen molar-refractivity contribution >= 4 is 8.32 Å². The molecule has 0 N–H and O–H groups in total. The number of likely N-dealkylation sites (N-methyl/N-ethyl adjacent to an activating group) is 1. The predicted molar refractivity (Wildman–Crippen MR) is 85.2 cm³/mol. The molecule has 1 saturated heterocycles. The Hall–Kier alpha value is 0.0569. The van der Waals surface area contributed by atoms with Gasteiger partial charge in [-0.3, -0.25) is 4.90 Å². The summed E-state index contributed by atoms with van der Waals surface area (Å²) in [5, 5.41) is 0. The van der Waals surface area contributed by atoms with Gasteiger partial charge >= 0.3 is 0 Å². The van der Waals surface area contributed by atoms with E-state index in [1.165, 1.54) is 58.5 Å². The third-order valence-electron chi connectivity index (χ3n) is 4.25. The lowest BCUT2D eigenvalue weighted by Crippen LogP contribution is -2.53. The van der Waals surface area contributed by atoms with Gasteiger partial charge in [-0.15, -0.1) is 0 Å². The van der Waals surface area contributed by atoms with E-state index in [0.29, 0.717) is 0 Å². The largest absolute Gasteiger partial charge is 0.419 e. The van der Waals surface area contributed by atoms with Crippen LogP contribution in [0.15, 0.2) is 0 Å². The molecule has 1 heterocycles. The van der Waals surface area contributed by atoms with Crippen molar-refractivity contribution in [3.8, 4) is 0 Å². The minimum atomic E-state index is -1.44. The summed E-state index contributed by atoms with van der Waals surface area (Å²) < 4.78 is 5.65. The Morgan fingerprint density at radius 1 is 1.00 bits per heavy atom. The second kappa shape index (κ2) is 8.37. The SMILES string of the molecule is CCN(CC)CCN1CCN(C[Si](C)(C)OC)CC1. The van der Waals surface area contributed by atoms with Crippen molar-refractivity contribution in [3.63, 3.8) is 0 Å². The number of nitrogens with zero attached hydrogens (tertiary/aromatic N) is 3.